The summed E-state index contributed by atoms with van der Waals surface area (Å²) in [4.78, 5) is 8.93. The highest BCUT2D eigenvalue weighted by atomic mass is 15.3. The highest BCUT2D eigenvalue weighted by Crippen LogP contribution is 2.25. The molecule has 0 saturated heterocycles. The van der Waals surface area contributed by atoms with Gasteiger partial charge in [0.2, 0.25) is 5.95 Å². The van der Waals surface area contributed by atoms with E-state index in [9.17, 15) is 0 Å². The van der Waals surface area contributed by atoms with Crippen LogP contribution in [0.1, 0.15) is 19.0 Å². The van der Waals surface area contributed by atoms with Gasteiger partial charge in [-0.3, -0.25) is 9.78 Å². The van der Waals surface area contributed by atoms with Crippen molar-refractivity contribution in [2.24, 2.45) is 7.05 Å². The third-order valence-corrected chi connectivity index (χ3v) is 3.11. The third kappa shape index (κ3) is 2.64. The van der Waals surface area contributed by atoms with Crippen LogP contribution in [0.3, 0.4) is 0 Å². The van der Waals surface area contributed by atoms with Crippen LogP contribution in [0, 0.1) is 6.92 Å². The second-order valence-electron chi connectivity index (χ2n) is 4.88. The Labute approximate surface area is 122 Å². The maximum atomic E-state index is 4.53. The highest BCUT2D eigenvalue weighted by Gasteiger charge is 2.11. The summed E-state index contributed by atoms with van der Waals surface area (Å²) in [6.45, 7) is 4.87. The highest BCUT2D eigenvalue weighted by molar-refractivity contribution is 5.89. The number of aromatic nitrogens is 6. The Morgan fingerprint density at radius 1 is 1.33 bits per heavy atom. The average molecular weight is 286 g/mol. The molecule has 0 amide bonds. The first-order valence-electron chi connectivity index (χ1n) is 6.89. The molecule has 110 valence electrons. The average Bonchev–Trinajstić information content (AvgIpc) is 3.03. The van der Waals surface area contributed by atoms with Crippen LogP contribution in [0.4, 0.5) is 17.5 Å². The van der Waals surface area contributed by atoms with Gasteiger partial charge in [-0.05, 0) is 13.3 Å². The molecule has 0 spiro atoms. The second-order valence-corrected chi connectivity index (χ2v) is 4.88. The number of rotatable bonds is 5. The molecule has 0 aliphatic rings. The van der Waals surface area contributed by atoms with E-state index in [2.05, 4.69) is 42.8 Å². The molecule has 0 radical (unpaired) electrons. The van der Waals surface area contributed by atoms with Crippen LogP contribution in [-0.2, 0) is 7.05 Å². The zero-order valence-electron chi connectivity index (χ0n) is 12.3. The van der Waals surface area contributed by atoms with Gasteiger partial charge in [-0.25, -0.2) is 0 Å². The number of aromatic amines is 1. The minimum atomic E-state index is 0.581. The molecule has 21 heavy (non-hydrogen) atoms. The Balaban J connectivity index is 1.99. The Bertz CT molecular complexity index is 757. The van der Waals surface area contributed by atoms with Crippen molar-refractivity contribution in [2.45, 2.75) is 20.3 Å². The van der Waals surface area contributed by atoms with Gasteiger partial charge in [0.05, 0.1) is 23.0 Å². The van der Waals surface area contributed by atoms with E-state index in [1.54, 1.807) is 10.9 Å². The monoisotopic (exact) mass is 286 g/mol. The summed E-state index contributed by atoms with van der Waals surface area (Å²) in [7, 11) is 1.89. The van der Waals surface area contributed by atoms with Crippen molar-refractivity contribution in [1.29, 1.82) is 0 Å². The van der Waals surface area contributed by atoms with Crippen LogP contribution >= 0.6 is 0 Å². The van der Waals surface area contributed by atoms with Gasteiger partial charge in [0.1, 0.15) is 5.82 Å². The molecule has 0 bridgehead atoms. The first-order chi connectivity index (χ1) is 10.2. The number of hydrogen-bond donors (Lipinski definition) is 3. The van der Waals surface area contributed by atoms with Gasteiger partial charge in [0.25, 0.3) is 0 Å². The Morgan fingerprint density at radius 3 is 2.90 bits per heavy atom. The first kappa shape index (κ1) is 13.3. The van der Waals surface area contributed by atoms with Crippen molar-refractivity contribution in [1.82, 2.24) is 29.9 Å². The molecule has 8 heteroatoms. The molecule has 3 aromatic heterocycles. The minimum Gasteiger partial charge on any atom is -0.354 e. The molecule has 0 saturated carbocycles. The van der Waals surface area contributed by atoms with Crippen molar-refractivity contribution in [2.75, 3.05) is 17.2 Å². The van der Waals surface area contributed by atoms with Gasteiger partial charge in [0.15, 0.2) is 5.65 Å². The summed E-state index contributed by atoms with van der Waals surface area (Å²) in [5.41, 5.74) is 2.53. The topological polar surface area (TPSA) is 96.3 Å². The van der Waals surface area contributed by atoms with E-state index in [-0.39, 0.29) is 0 Å². The predicted octanol–water partition coefficient (Wildman–Crippen LogP) is 1.96. The molecule has 3 N–H and O–H groups in total. The number of aryl methyl sites for hydroxylation is 2. The number of nitrogens with zero attached hydrogens (tertiary/aromatic N) is 5. The van der Waals surface area contributed by atoms with Crippen LogP contribution in [0.2, 0.25) is 0 Å². The molecule has 0 aliphatic carbocycles. The molecule has 0 aliphatic heterocycles. The number of H-pyrrole nitrogens is 1. The summed E-state index contributed by atoms with van der Waals surface area (Å²) >= 11 is 0. The number of nitrogens with one attached hydrogen (secondary N) is 3. The van der Waals surface area contributed by atoms with Gasteiger partial charge < -0.3 is 10.6 Å². The molecule has 0 unspecified atom stereocenters. The van der Waals surface area contributed by atoms with Gasteiger partial charge in [-0.1, -0.05) is 6.92 Å². The second kappa shape index (κ2) is 5.39. The number of fused-ring (bicyclic) bond motifs is 1. The van der Waals surface area contributed by atoms with E-state index < -0.39 is 0 Å². The van der Waals surface area contributed by atoms with Crippen molar-refractivity contribution in [3.8, 4) is 0 Å². The van der Waals surface area contributed by atoms with E-state index in [1.165, 1.54) is 0 Å². The summed E-state index contributed by atoms with van der Waals surface area (Å²) in [6, 6.07) is 0. The third-order valence-electron chi connectivity index (χ3n) is 3.11. The number of anilines is 3. The lowest BCUT2D eigenvalue weighted by Gasteiger charge is -2.08. The molecule has 3 heterocycles. The van der Waals surface area contributed by atoms with Crippen LogP contribution in [0.5, 0.6) is 0 Å². The summed E-state index contributed by atoms with van der Waals surface area (Å²) in [6.07, 6.45) is 4.64. The lowest BCUT2D eigenvalue weighted by atomic mass is 10.3. The smallest absolute Gasteiger partial charge is 0.226 e. The van der Waals surface area contributed by atoms with Crippen LogP contribution < -0.4 is 10.6 Å². The maximum absolute atomic E-state index is 4.53. The lowest BCUT2D eigenvalue weighted by Crippen LogP contribution is -2.06. The quantitative estimate of drug-likeness (QED) is 0.663. The van der Waals surface area contributed by atoms with Gasteiger partial charge in [-0.2, -0.15) is 20.2 Å². The molecule has 8 nitrogen and oxygen atoms in total. The van der Waals surface area contributed by atoms with Crippen LogP contribution in [0.25, 0.3) is 11.0 Å². The maximum Gasteiger partial charge on any atom is 0.226 e. The molecular weight excluding hydrogens is 268 g/mol. The Morgan fingerprint density at radius 2 is 2.19 bits per heavy atom. The van der Waals surface area contributed by atoms with Crippen molar-refractivity contribution < 1.29 is 0 Å². The van der Waals surface area contributed by atoms with Crippen LogP contribution in [0.15, 0.2) is 12.4 Å². The normalized spacial score (nSPS) is 11.0. The van der Waals surface area contributed by atoms with E-state index in [4.69, 9.17) is 0 Å². The fourth-order valence-electron chi connectivity index (χ4n) is 2.10. The van der Waals surface area contributed by atoms with E-state index in [1.807, 2.05) is 20.2 Å². The SMILES string of the molecule is CCCNc1nc(Nc2cn(C)nc2C)c2cn[nH]c2n1. The summed E-state index contributed by atoms with van der Waals surface area (Å²) < 4.78 is 1.77. The standard InChI is InChI=1S/C13H18N8/c1-4-5-14-13-17-11(9-6-15-19-12(9)18-13)16-10-7-21(3)20-8(10)2/h6-7H,4-5H2,1-3H3,(H3,14,15,16,17,18,19). The Kier molecular flexibility index (Phi) is 3.43. The Hall–Kier alpha value is -2.64. The van der Waals surface area contributed by atoms with E-state index >= 15 is 0 Å². The van der Waals surface area contributed by atoms with Crippen LogP contribution in [-0.4, -0.2) is 36.5 Å². The largest absolute Gasteiger partial charge is 0.354 e. The zero-order chi connectivity index (χ0) is 14.8. The van der Waals surface area contributed by atoms with Crippen molar-refractivity contribution >= 4 is 28.5 Å². The van der Waals surface area contributed by atoms with Crippen molar-refractivity contribution in [3.63, 3.8) is 0 Å². The van der Waals surface area contributed by atoms with Gasteiger partial charge in [0, 0.05) is 19.8 Å². The fraction of sp³-hybridized carbons (Fsp3) is 0.385. The molecule has 3 rings (SSSR count). The predicted molar refractivity (Wildman–Crippen MR) is 81.7 cm³/mol. The lowest BCUT2D eigenvalue weighted by molar-refractivity contribution is 0.756. The summed E-state index contributed by atoms with van der Waals surface area (Å²) in [5.74, 6) is 1.29. The zero-order valence-corrected chi connectivity index (χ0v) is 12.3. The van der Waals surface area contributed by atoms with Crippen molar-refractivity contribution in [3.05, 3.63) is 18.1 Å². The fourth-order valence-corrected chi connectivity index (χ4v) is 2.10. The van der Waals surface area contributed by atoms with Gasteiger partial charge in [-0.15, -0.1) is 0 Å². The van der Waals surface area contributed by atoms with Gasteiger partial charge >= 0.3 is 0 Å². The number of hydrogen-bond acceptors (Lipinski definition) is 6. The molecule has 3 aromatic rings. The molecular formula is C13H18N8. The molecule has 0 atom stereocenters. The van der Waals surface area contributed by atoms with E-state index in [0.717, 1.165) is 29.7 Å². The molecule has 0 aromatic carbocycles. The minimum absolute atomic E-state index is 0.581. The molecule has 0 fully saturated rings. The first-order valence-corrected chi connectivity index (χ1v) is 6.89. The summed E-state index contributed by atoms with van der Waals surface area (Å²) in [5, 5.41) is 18.6. The van der Waals surface area contributed by atoms with E-state index in [0.29, 0.717) is 17.4 Å².